The quantitative estimate of drug-likeness (QED) is 0.399. The number of fused-ring (bicyclic) bond motifs is 1. The lowest BCUT2D eigenvalue weighted by Crippen LogP contribution is -2.32. The first-order chi connectivity index (χ1) is 16.9. The Hall–Kier alpha value is -3.66. The summed E-state index contributed by atoms with van der Waals surface area (Å²) in [4.78, 5) is 3.74. The number of nitriles is 2. The third-order valence-corrected chi connectivity index (χ3v) is 7.78. The predicted octanol–water partition coefficient (Wildman–Crippen LogP) is 5.12. The van der Waals surface area contributed by atoms with E-state index in [-0.39, 0.29) is 5.56 Å². The molecular formula is C26H24FN7S. The summed E-state index contributed by atoms with van der Waals surface area (Å²) in [5.74, 6) is -0.413. The van der Waals surface area contributed by atoms with Crippen LogP contribution in [0.5, 0.6) is 0 Å². The first-order valence-corrected chi connectivity index (χ1v) is 12.2. The normalized spacial score (nSPS) is 14.8. The third-order valence-electron chi connectivity index (χ3n) is 6.69. The number of halogens is 1. The monoisotopic (exact) mass is 485 g/mol. The van der Waals surface area contributed by atoms with Gasteiger partial charge < -0.3 is 4.90 Å². The van der Waals surface area contributed by atoms with Crippen molar-refractivity contribution in [2.75, 3.05) is 20.1 Å². The molecule has 3 aromatic heterocycles. The molecule has 1 saturated heterocycles. The van der Waals surface area contributed by atoms with Gasteiger partial charge in [0.15, 0.2) is 0 Å². The first-order valence-electron chi connectivity index (χ1n) is 11.4. The van der Waals surface area contributed by atoms with Crippen molar-refractivity contribution >= 4 is 17.3 Å². The van der Waals surface area contributed by atoms with Crippen molar-refractivity contribution in [2.45, 2.75) is 42.5 Å². The molecule has 4 heterocycles. The van der Waals surface area contributed by atoms with Crippen LogP contribution in [0.1, 0.15) is 41.3 Å². The standard InChI is InChI=1S/C26H24FN7S/c1-16-8-24(18(11-28)9-23(16)27)35-25-10-19(15-33-26(25)20(12-29)13-30-33)22-14-31-34(17(22)2)21-4-6-32(3)7-5-21/h8-10,13-15,21H,4-7H2,1-3H3. The molecule has 35 heavy (non-hydrogen) atoms. The van der Waals surface area contributed by atoms with Gasteiger partial charge in [0.25, 0.3) is 0 Å². The molecule has 5 rings (SSSR count). The molecule has 0 radical (unpaired) electrons. The van der Waals surface area contributed by atoms with E-state index in [0.717, 1.165) is 47.6 Å². The lowest BCUT2D eigenvalue weighted by Gasteiger charge is -2.29. The van der Waals surface area contributed by atoms with Gasteiger partial charge in [-0.25, -0.2) is 8.91 Å². The molecule has 0 atom stereocenters. The molecule has 0 bridgehead atoms. The number of piperidine rings is 1. The van der Waals surface area contributed by atoms with Gasteiger partial charge in [-0.05, 0) is 70.6 Å². The SMILES string of the molecule is Cc1cc(Sc2cc(-c3cnn(C4CCN(C)CC4)c3C)cn3ncc(C#N)c23)c(C#N)cc1F. The van der Waals surface area contributed by atoms with Crippen LogP contribution in [0.25, 0.3) is 16.6 Å². The van der Waals surface area contributed by atoms with Crippen molar-refractivity contribution in [1.29, 1.82) is 10.5 Å². The molecule has 0 aliphatic carbocycles. The molecule has 0 unspecified atom stereocenters. The largest absolute Gasteiger partial charge is 0.306 e. The van der Waals surface area contributed by atoms with Crippen LogP contribution in [0.4, 0.5) is 4.39 Å². The average molecular weight is 486 g/mol. The van der Waals surface area contributed by atoms with Crippen LogP contribution in [-0.2, 0) is 0 Å². The molecule has 4 aromatic rings. The minimum atomic E-state index is -0.413. The Morgan fingerprint density at radius 2 is 1.74 bits per heavy atom. The highest BCUT2D eigenvalue weighted by atomic mass is 32.2. The minimum absolute atomic E-state index is 0.256. The molecule has 7 nitrogen and oxygen atoms in total. The summed E-state index contributed by atoms with van der Waals surface area (Å²) < 4.78 is 17.9. The van der Waals surface area contributed by atoms with Crippen molar-refractivity contribution in [3.05, 3.63) is 65.0 Å². The average Bonchev–Trinajstić information content (AvgIpc) is 3.45. The van der Waals surface area contributed by atoms with Gasteiger partial charge in [0.05, 0.1) is 35.1 Å². The zero-order valence-electron chi connectivity index (χ0n) is 19.8. The topological polar surface area (TPSA) is 85.9 Å². The van der Waals surface area contributed by atoms with E-state index < -0.39 is 5.82 Å². The van der Waals surface area contributed by atoms with Crippen LogP contribution in [0.2, 0.25) is 0 Å². The fourth-order valence-electron chi connectivity index (χ4n) is 4.65. The summed E-state index contributed by atoms with van der Waals surface area (Å²) in [6.45, 7) is 5.86. The van der Waals surface area contributed by atoms with Gasteiger partial charge >= 0.3 is 0 Å². The van der Waals surface area contributed by atoms with Gasteiger partial charge in [-0.3, -0.25) is 4.68 Å². The van der Waals surface area contributed by atoms with Crippen LogP contribution >= 0.6 is 11.8 Å². The van der Waals surface area contributed by atoms with Gasteiger partial charge in [0.2, 0.25) is 0 Å². The van der Waals surface area contributed by atoms with Crippen molar-refractivity contribution in [2.24, 2.45) is 0 Å². The predicted molar refractivity (Wildman–Crippen MR) is 132 cm³/mol. The molecular weight excluding hydrogens is 461 g/mol. The van der Waals surface area contributed by atoms with Gasteiger partial charge in [-0.15, -0.1) is 0 Å². The molecule has 0 N–H and O–H groups in total. The van der Waals surface area contributed by atoms with Crippen LogP contribution in [-0.4, -0.2) is 44.4 Å². The van der Waals surface area contributed by atoms with E-state index in [9.17, 15) is 14.9 Å². The minimum Gasteiger partial charge on any atom is -0.306 e. The number of hydrogen-bond acceptors (Lipinski definition) is 6. The van der Waals surface area contributed by atoms with E-state index in [2.05, 4.69) is 40.8 Å². The van der Waals surface area contributed by atoms with Crippen LogP contribution < -0.4 is 0 Å². The lowest BCUT2D eigenvalue weighted by atomic mass is 10.0. The van der Waals surface area contributed by atoms with Crippen molar-refractivity contribution in [1.82, 2.24) is 24.3 Å². The lowest BCUT2D eigenvalue weighted by molar-refractivity contribution is 0.210. The van der Waals surface area contributed by atoms with E-state index in [1.165, 1.54) is 17.8 Å². The van der Waals surface area contributed by atoms with Gasteiger partial charge in [-0.2, -0.15) is 20.7 Å². The van der Waals surface area contributed by atoms with Crippen molar-refractivity contribution < 1.29 is 4.39 Å². The Morgan fingerprint density at radius 1 is 1.00 bits per heavy atom. The summed E-state index contributed by atoms with van der Waals surface area (Å²) >= 11 is 1.34. The number of nitrogens with zero attached hydrogens (tertiary/aromatic N) is 7. The van der Waals surface area contributed by atoms with E-state index in [0.29, 0.717) is 27.6 Å². The molecule has 1 aliphatic rings. The number of aromatic nitrogens is 4. The highest BCUT2D eigenvalue weighted by Crippen LogP contribution is 2.39. The summed E-state index contributed by atoms with van der Waals surface area (Å²) in [5, 5.41) is 28.4. The third kappa shape index (κ3) is 4.18. The maximum Gasteiger partial charge on any atom is 0.127 e. The van der Waals surface area contributed by atoms with E-state index in [1.54, 1.807) is 23.7 Å². The fraction of sp³-hybridized carbons (Fsp3) is 0.308. The van der Waals surface area contributed by atoms with Crippen LogP contribution in [0, 0.1) is 42.3 Å². The number of rotatable bonds is 4. The molecule has 0 amide bonds. The summed E-state index contributed by atoms with van der Waals surface area (Å²) in [6.07, 6.45) is 7.46. The second kappa shape index (κ2) is 9.18. The molecule has 1 aliphatic heterocycles. The zero-order valence-corrected chi connectivity index (χ0v) is 20.6. The molecule has 0 saturated carbocycles. The molecule has 0 spiro atoms. The molecule has 1 aromatic carbocycles. The van der Waals surface area contributed by atoms with Gasteiger partial charge in [0.1, 0.15) is 18.0 Å². The number of likely N-dealkylation sites (tertiary alicyclic amines) is 1. The highest BCUT2D eigenvalue weighted by Gasteiger charge is 2.23. The fourth-order valence-corrected chi connectivity index (χ4v) is 5.82. The highest BCUT2D eigenvalue weighted by molar-refractivity contribution is 7.99. The Morgan fingerprint density at radius 3 is 2.46 bits per heavy atom. The van der Waals surface area contributed by atoms with Crippen LogP contribution in [0.3, 0.4) is 0 Å². The maximum absolute atomic E-state index is 14.1. The van der Waals surface area contributed by atoms with Gasteiger partial charge in [-0.1, -0.05) is 11.8 Å². The maximum atomic E-state index is 14.1. The Kier molecular flexibility index (Phi) is 6.06. The Balaban J connectivity index is 1.61. The second-order valence-electron chi connectivity index (χ2n) is 8.99. The number of pyridine rings is 1. The molecule has 9 heteroatoms. The van der Waals surface area contributed by atoms with E-state index in [1.807, 2.05) is 18.5 Å². The molecule has 1 fully saturated rings. The van der Waals surface area contributed by atoms with Crippen LogP contribution in [0.15, 0.2) is 46.6 Å². The zero-order chi connectivity index (χ0) is 24.7. The van der Waals surface area contributed by atoms with E-state index >= 15 is 0 Å². The number of benzene rings is 1. The van der Waals surface area contributed by atoms with Crippen molar-refractivity contribution in [3.8, 4) is 23.3 Å². The smallest absolute Gasteiger partial charge is 0.127 e. The number of aryl methyl sites for hydroxylation is 1. The van der Waals surface area contributed by atoms with Crippen molar-refractivity contribution in [3.63, 3.8) is 0 Å². The second-order valence-corrected chi connectivity index (χ2v) is 10.1. The summed E-state index contributed by atoms with van der Waals surface area (Å²) in [6, 6.07) is 9.60. The Labute approximate surface area is 207 Å². The van der Waals surface area contributed by atoms with E-state index in [4.69, 9.17) is 5.10 Å². The Bertz CT molecular complexity index is 1510. The first kappa shape index (κ1) is 23.1. The summed E-state index contributed by atoms with van der Waals surface area (Å²) in [5.41, 5.74) is 4.81. The molecule has 176 valence electrons. The number of hydrogen-bond donors (Lipinski definition) is 0. The summed E-state index contributed by atoms with van der Waals surface area (Å²) in [7, 11) is 2.14. The van der Waals surface area contributed by atoms with Gasteiger partial charge in [0, 0.05) is 32.8 Å².